The molecule has 0 bridgehead atoms. The number of rotatable bonds is 6. The summed E-state index contributed by atoms with van der Waals surface area (Å²) in [6, 6.07) is 13.5. The molecule has 0 aliphatic carbocycles. The molecule has 0 spiro atoms. The van der Waals surface area contributed by atoms with Crippen molar-refractivity contribution < 1.29 is 4.79 Å². The fourth-order valence-corrected chi connectivity index (χ4v) is 2.25. The van der Waals surface area contributed by atoms with Crippen molar-refractivity contribution in [3.05, 3.63) is 66.9 Å². The van der Waals surface area contributed by atoms with E-state index in [-0.39, 0.29) is 6.03 Å². The fraction of sp³-hybridized carbons (Fsp3) is 0.176. The highest BCUT2D eigenvalue weighted by Crippen LogP contribution is 2.09. The molecule has 3 aromatic rings. The van der Waals surface area contributed by atoms with Gasteiger partial charge in [0.2, 0.25) is 0 Å². The van der Waals surface area contributed by atoms with Gasteiger partial charge in [-0.25, -0.2) is 9.78 Å². The van der Waals surface area contributed by atoms with Gasteiger partial charge in [0, 0.05) is 6.54 Å². The molecule has 0 saturated carbocycles. The zero-order chi connectivity index (χ0) is 16.6. The molecule has 2 N–H and O–H groups in total. The number of aryl methyl sites for hydroxylation is 1. The van der Waals surface area contributed by atoms with Crippen molar-refractivity contribution in [1.29, 1.82) is 0 Å². The minimum absolute atomic E-state index is 0.234. The number of urea groups is 1. The smallest absolute Gasteiger partial charge is 0.319 e. The molecular formula is C17H18N6O. The van der Waals surface area contributed by atoms with Crippen molar-refractivity contribution >= 4 is 11.7 Å². The normalized spacial score (nSPS) is 10.3. The van der Waals surface area contributed by atoms with Gasteiger partial charge in [-0.15, -0.1) is 10.2 Å². The lowest BCUT2D eigenvalue weighted by Gasteiger charge is -2.08. The van der Waals surface area contributed by atoms with Gasteiger partial charge in [0.1, 0.15) is 18.5 Å². The highest BCUT2D eigenvalue weighted by molar-refractivity contribution is 5.89. The first kappa shape index (κ1) is 15.7. The van der Waals surface area contributed by atoms with Crippen molar-refractivity contribution in [2.45, 2.75) is 12.8 Å². The zero-order valence-corrected chi connectivity index (χ0v) is 13.1. The van der Waals surface area contributed by atoms with Crippen molar-refractivity contribution in [3.63, 3.8) is 0 Å². The van der Waals surface area contributed by atoms with Crippen LogP contribution >= 0.6 is 0 Å². The first-order valence-corrected chi connectivity index (χ1v) is 7.71. The minimum Gasteiger partial charge on any atom is -0.338 e. The number of carbonyl (C=O) groups excluding carboxylic acids is 1. The van der Waals surface area contributed by atoms with Crippen LogP contribution in [0.15, 0.2) is 61.3 Å². The Morgan fingerprint density at radius 3 is 2.54 bits per heavy atom. The molecular weight excluding hydrogens is 304 g/mol. The summed E-state index contributed by atoms with van der Waals surface area (Å²) < 4.78 is 1.69. The summed E-state index contributed by atoms with van der Waals surface area (Å²) in [6.45, 7) is 0.618. The van der Waals surface area contributed by atoms with Crippen LogP contribution in [0, 0.1) is 0 Å². The van der Waals surface area contributed by atoms with Crippen molar-refractivity contribution in [2.24, 2.45) is 0 Å². The molecule has 0 fully saturated rings. The summed E-state index contributed by atoms with van der Waals surface area (Å²) >= 11 is 0. The van der Waals surface area contributed by atoms with E-state index in [0.717, 1.165) is 12.8 Å². The number of benzene rings is 1. The fourth-order valence-electron chi connectivity index (χ4n) is 2.25. The number of nitrogens with one attached hydrogen (secondary N) is 2. The van der Waals surface area contributed by atoms with Gasteiger partial charge in [-0.2, -0.15) is 0 Å². The highest BCUT2D eigenvalue weighted by atomic mass is 16.2. The Morgan fingerprint density at radius 2 is 1.83 bits per heavy atom. The van der Waals surface area contributed by atoms with Gasteiger partial charge in [0.25, 0.3) is 0 Å². The quantitative estimate of drug-likeness (QED) is 0.683. The third-order valence-electron chi connectivity index (χ3n) is 3.46. The first-order chi connectivity index (χ1) is 11.8. The van der Waals surface area contributed by atoms with E-state index in [9.17, 15) is 4.79 Å². The van der Waals surface area contributed by atoms with Crippen LogP contribution in [0.1, 0.15) is 12.0 Å². The number of hydrogen-bond acceptors (Lipinski definition) is 4. The Morgan fingerprint density at radius 1 is 1.04 bits per heavy atom. The third kappa shape index (κ3) is 4.39. The molecule has 0 aliphatic heterocycles. The maximum absolute atomic E-state index is 11.9. The van der Waals surface area contributed by atoms with E-state index < -0.39 is 0 Å². The number of carbonyl (C=O) groups is 1. The largest absolute Gasteiger partial charge is 0.338 e. The summed E-state index contributed by atoms with van der Waals surface area (Å²) in [5.41, 5.74) is 1.90. The van der Waals surface area contributed by atoms with Gasteiger partial charge in [-0.05, 0) is 30.5 Å². The predicted molar refractivity (Wildman–Crippen MR) is 90.9 cm³/mol. The molecule has 3 rings (SSSR count). The van der Waals surface area contributed by atoms with Crippen LogP contribution in [0.25, 0.3) is 5.82 Å². The van der Waals surface area contributed by atoms with E-state index in [4.69, 9.17) is 0 Å². The molecule has 0 saturated heterocycles. The van der Waals surface area contributed by atoms with Crippen molar-refractivity contribution in [1.82, 2.24) is 25.1 Å². The van der Waals surface area contributed by atoms with Gasteiger partial charge < -0.3 is 10.6 Å². The van der Waals surface area contributed by atoms with Gasteiger partial charge in [-0.1, -0.05) is 30.3 Å². The molecule has 24 heavy (non-hydrogen) atoms. The number of aromatic nitrogens is 4. The number of anilines is 1. The lowest BCUT2D eigenvalue weighted by Crippen LogP contribution is -2.29. The molecule has 0 radical (unpaired) electrons. The second kappa shape index (κ2) is 7.87. The van der Waals surface area contributed by atoms with Crippen LogP contribution in [-0.2, 0) is 6.42 Å². The number of nitrogens with zero attached hydrogens (tertiary/aromatic N) is 4. The average molecular weight is 322 g/mol. The lowest BCUT2D eigenvalue weighted by molar-refractivity contribution is 0.252. The monoisotopic (exact) mass is 322 g/mol. The molecule has 2 heterocycles. The first-order valence-electron chi connectivity index (χ1n) is 7.71. The predicted octanol–water partition coefficient (Wildman–Crippen LogP) is 2.42. The van der Waals surface area contributed by atoms with Crippen LogP contribution < -0.4 is 10.6 Å². The van der Waals surface area contributed by atoms with Gasteiger partial charge >= 0.3 is 6.03 Å². The van der Waals surface area contributed by atoms with E-state index >= 15 is 0 Å². The second-order valence-corrected chi connectivity index (χ2v) is 5.24. The Balaban J connectivity index is 1.42. The van der Waals surface area contributed by atoms with Crippen LogP contribution in [-0.4, -0.2) is 32.3 Å². The molecule has 0 aliphatic rings. The van der Waals surface area contributed by atoms with Gasteiger partial charge in [-0.3, -0.25) is 4.57 Å². The Kier molecular flexibility index (Phi) is 5.14. The summed E-state index contributed by atoms with van der Waals surface area (Å²) in [5.74, 6) is 0.689. The number of hydrogen-bond donors (Lipinski definition) is 2. The average Bonchev–Trinajstić information content (AvgIpc) is 3.15. The topological polar surface area (TPSA) is 84.7 Å². The molecule has 7 nitrogen and oxygen atoms in total. The molecule has 2 amide bonds. The Labute approximate surface area is 139 Å². The van der Waals surface area contributed by atoms with E-state index in [1.54, 1.807) is 35.6 Å². The second-order valence-electron chi connectivity index (χ2n) is 5.24. The zero-order valence-electron chi connectivity index (χ0n) is 13.1. The summed E-state index contributed by atoms with van der Waals surface area (Å²) in [5, 5.41) is 13.1. The van der Waals surface area contributed by atoms with E-state index in [2.05, 4.69) is 37.9 Å². The lowest BCUT2D eigenvalue weighted by atomic mass is 10.1. The third-order valence-corrected chi connectivity index (χ3v) is 3.46. The maximum atomic E-state index is 11.9. The minimum atomic E-state index is -0.234. The van der Waals surface area contributed by atoms with Crippen LogP contribution in [0.3, 0.4) is 0 Å². The summed E-state index contributed by atoms with van der Waals surface area (Å²) in [7, 11) is 0. The Bertz CT molecular complexity index is 756. The standard InChI is InChI=1S/C17H18N6O/c24-17(18-10-4-7-14-5-2-1-3-6-14)22-15-8-9-16(19-11-15)23-12-20-21-13-23/h1-3,5-6,8-9,11-13H,4,7,10H2,(H2,18,22,24). The van der Waals surface area contributed by atoms with Crippen LogP contribution in [0.5, 0.6) is 0 Å². The highest BCUT2D eigenvalue weighted by Gasteiger charge is 2.03. The molecule has 0 unspecified atom stereocenters. The Hall–Kier alpha value is -3.22. The molecule has 2 aromatic heterocycles. The summed E-state index contributed by atoms with van der Waals surface area (Å²) in [6.07, 6.45) is 6.56. The molecule has 7 heteroatoms. The molecule has 1 aromatic carbocycles. The van der Waals surface area contributed by atoms with E-state index in [1.165, 1.54) is 5.56 Å². The molecule has 0 atom stereocenters. The number of pyridine rings is 1. The van der Waals surface area contributed by atoms with E-state index in [1.807, 2.05) is 18.2 Å². The summed E-state index contributed by atoms with van der Waals surface area (Å²) in [4.78, 5) is 16.1. The van der Waals surface area contributed by atoms with Crippen LogP contribution in [0.2, 0.25) is 0 Å². The van der Waals surface area contributed by atoms with Crippen molar-refractivity contribution in [2.75, 3.05) is 11.9 Å². The van der Waals surface area contributed by atoms with Crippen molar-refractivity contribution in [3.8, 4) is 5.82 Å². The van der Waals surface area contributed by atoms with Crippen LogP contribution in [0.4, 0.5) is 10.5 Å². The van der Waals surface area contributed by atoms with Gasteiger partial charge in [0.05, 0.1) is 11.9 Å². The van der Waals surface area contributed by atoms with Gasteiger partial charge in [0.15, 0.2) is 0 Å². The van der Waals surface area contributed by atoms with E-state index in [0.29, 0.717) is 18.1 Å². The SMILES string of the molecule is O=C(NCCCc1ccccc1)Nc1ccc(-n2cnnc2)nc1. The molecule has 122 valence electrons. The number of amides is 2. The maximum Gasteiger partial charge on any atom is 0.319 e.